The van der Waals surface area contributed by atoms with Crippen LogP contribution in [0.3, 0.4) is 0 Å². The molecule has 0 aromatic rings. The van der Waals surface area contributed by atoms with Crippen molar-refractivity contribution in [2.45, 2.75) is 38.6 Å². The molecule has 1 atom stereocenters. The summed E-state index contributed by atoms with van der Waals surface area (Å²) in [5, 5.41) is 2.94. The highest BCUT2D eigenvalue weighted by molar-refractivity contribution is 5.76. The molecular formula is C9H15NO. The molecule has 0 aromatic carbocycles. The van der Waals surface area contributed by atoms with Gasteiger partial charge in [-0.25, -0.2) is 0 Å². The number of rotatable bonds is 1. The van der Waals surface area contributed by atoms with Crippen molar-refractivity contribution in [2.24, 2.45) is 0 Å². The molecule has 0 bridgehead atoms. The highest BCUT2D eigenvalue weighted by atomic mass is 16.1. The fraction of sp³-hybridized carbons (Fsp3) is 0.667. The summed E-state index contributed by atoms with van der Waals surface area (Å²) in [4.78, 5) is 11.0. The van der Waals surface area contributed by atoms with E-state index in [0.29, 0.717) is 6.42 Å². The molecule has 1 N–H and O–H groups in total. The second-order valence-electron chi connectivity index (χ2n) is 3.21. The molecule has 62 valence electrons. The van der Waals surface area contributed by atoms with Gasteiger partial charge in [0.15, 0.2) is 0 Å². The average molecular weight is 153 g/mol. The van der Waals surface area contributed by atoms with E-state index in [1.54, 1.807) is 0 Å². The molecule has 1 unspecified atom stereocenters. The van der Waals surface area contributed by atoms with Crippen LogP contribution < -0.4 is 5.32 Å². The Morgan fingerprint density at radius 2 is 2.36 bits per heavy atom. The number of carbonyl (C=O) groups is 1. The molecule has 1 rings (SSSR count). The first kappa shape index (κ1) is 8.31. The summed E-state index contributed by atoms with van der Waals surface area (Å²) in [7, 11) is 0. The fourth-order valence-electron chi connectivity index (χ4n) is 1.34. The number of amides is 1. The molecule has 1 amide bonds. The Hall–Kier alpha value is -0.790. The Labute approximate surface area is 67.7 Å². The Morgan fingerprint density at radius 3 is 3.00 bits per heavy atom. The molecule has 2 nitrogen and oxygen atoms in total. The third kappa shape index (κ3) is 2.37. The zero-order valence-electron chi connectivity index (χ0n) is 7.02. The minimum atomic E-state index is 0.176. The molecule has 1 fully saturated rings. The summed E-state index contributed by atoms with van der Waals surface area (Å²) in [5.41, 5.74) is 1.07. The maximum Gasteiger partial charge on any atom is 0.220 e. The maximum atomic E-state index is 11.0. The molecule has 0 aromatic heterocycles. The van der Waals surface area contributed by atoms with Crippen LogP contribution in [0.2, 0.25) is 0 Å². The molecule has 1 saturated heterocycles. The van der Waals surface area contributed by atoms with Crippen LogP contribution in [0.4, 0.5) is 0 Å². The molecule has 1 aliphatic rings. The first-order chi connectivity index (χ1) is 5.20. The van der Waals surface area contributed by atoms with E-state index < -0.39 is 0 Å². The predicted molar refractivity (Wildman–Crippen MR) is 45.2 cm³/mol. The maximum absolute atomic E-state index is 11.0. The summed E-state index contributed by atoms with van der Waals surface area (Å²) >= 11 is 0. The van der Waals surface area contributed by atoms with E-state index in [1.165, 1.54) is 0 Å². The Morgan fingerprint density at radius 1 is 1.64 bits per heavy atom. The minimum absolute atomic E-state index is 0.176. The Balaban J connectivity index is 2.52. The van der Waals surface area contributed by atoms with Crippen molar-refractivity contribution in [1.29, 1.82) is 0 Å². The van der Waals surface area contributed by atoms with Crippen LogP contribution in [0.25, 0.3) is 0 Å². The summed E-state index contributed by atoms with van der Waals surface area (Å²) < 4.78 is 0. The molecule has 11 heavy (non-hydrogen) atoms. The van der Waals surface area contributed by atoms with Gasteiger partial charge in [-0.3, -0.25) is 4.79 Å². The molecular weight excluding hydrogens is 138 g/mol. The highest BCUT2D eigenvalue weighted by Crippen LogP contribution is 2.13. The highest BCUT2D eigenvalue weighted by Gasteiger charge is 2.15. The first-order valence-electron chi connectivity index (χ1n) is 4.15. The standard InChI is InChI=1S/C9H15NO/c1-7(2)8-5-3-4-6-9(11)10-8/h8H,1,3-6H2,2H3,(H,10,11). The van der Waals surface area contributed by atoms with E-state index in [-0.39, 0.29) is 11.9 Å². The van der Waals surface area contributed by atoms with Crippen LogP contribution in [-0.4, -0.2) is 11.9 Å². The Bertz CT molecular complexity index is 174. The summed E-state index contributed by atoms with van der Waals surface area (Å²) in [6.07, 6.45) is 3.90. The lowest BCUT2D eigenvalue weighted by Crippen LogP contribution is -2.33. The zero-order valence-corrected chi connectivity index (χ0v) is 7.02. The zero-order chi connectivity index (χ0) is 8.27. The van der Waals surface area contributed by atoms with E-state index in [0.717, 1.165) is 24.8 Å². The second-order valence-corrected chi connectivity index (χ2v) is 3.21. The lowest BCUT2D eigenvalue weighted by atomic mass is 10.1. The van der Waals surface area contributed by atoms with Gasteiger partial charge in [0, 0.05) is 12.5 Å². The molecule has 2 heteroatoms. The lowest BCUT2D eigenvalue weighted by molar-refractivity contribution is -0.121. The van der Waals surface area contributed by atoms with Gasteiger partial charge in [-0.2, -0.15) is 0 Å². The number of hydrogen-bond donors (Lipinski definition) is 1. The van der Waals surface area contributed by atoms with Gasteiger partial charge in [-0.1, -0.05) is 18.6 Å². The van der Waals surface area contributed by atoms with Gasteiger partial charge < -0.3 is 5.32 Å². The molecule has 0 radical (unpaired) electrons. The van der Waals surface area contributed by atoms with E-state index in [9.17, 15) is 4.79 Å². The third-order valence-corrected chi connectivity index (χ3v) is 2.08. The van der Waals surface area contributed by atoms with Crippen LogP contribution in [0.15, 0.2) is 12.2 Å². The van der Waals surface area contributed by atoms with Gasteiger partial charge in [0.2, 0.25) is 5.91 Å². The van der Waals surface area contributed by atoms with Crippen LogP contribution in [0.5, 0.6) is 0 Å². The average Bonchev–Trinajstić information content (AvgIpc) is 2.13. The number of carbonyl (C=O) groups excluding carboxylic acids is 1. The van der Waals surface area contributed by atoms with Gasteiger partial charge in [0.25, 0.3) is 0 Å². The van der Waals surface area contributed by atoms with Gasteiger partial charge >= 0.3 is 0 Å². The topological polar surface area (TPSA) is 29.1 Å². The van der Waals surface area contributed by atoms with Gasteiger partial charge in [0.1, 0.15) is 0 Å². The molecule has 0 spiro atoms. The quantitative estimate of drug-likeness (QED) is 0.570. The van der Waals surface area contributed by atoms with E-state index in [1.807, 2.05) is 6.92 Å². The van der Waals surface area contributed by atoms with Crippen LogP contribution in [-0.2, 0) is 4.79 Å². The van der Waals surface area contributed by atoms with E-state index in [2.05, 4.69) is 11.9 Å². The van der Waals surface area contributed by atoms with Crippen molar-refractivity contribution in [3.63, 3.8) is 0 Å². The van der Waals surface area contributed by atoms with Crippen molar-refractivity contribution in [3.8, 4) is 0 Å². The second kappa shape index (κ2) is 3.56. The number of nitrogens with one attached hydrogen (secondary N) is 1. The van der Waals surface area contributed by atoms with Crippen molar-refractivity contribution in [3.05, 3.63) is 12.2 Å². The monoisotopic (exact) mass is 153 g/mol. The smallest absolute Gasteiger partial charge is 0.220 e. The van der Waals surface area contributed by atoms with Crippen molar-refractivity contribution in [1.82, 2.24) is 5.32 Å². The van der Waals surface area contributed by atoms with Gasteiger partial charge in [-0.05, 0) is 19.8 Å². The molecule has 1 aliphatic heterocycles. The van der Waals surface area contributed by atoms with E-state index in [4.69, 9.17) is 0 Å². The fourth-order valence-corrected chi connectivity index (χ4v) is 1.34. The largest absolute Gasteiger partial charge is 0.350 e. The van der Waals surface area contributed by atoms with Crippen LogP contribution in [0, 0.1) is 0 Å². The van der Waals surface area contributed by atoms with Crippen LogP contribution in [0.1, 0.15) is 32.6 Å². The lowest BCUT2D eigenvalue weighted by Gasteiger charge is -2.14. The van der Waals surface area contributed by atoms with E-state index >= 15 is 0 Å². The summed E-state index contributed by atoms with van der Waals surface area (Å²) in [6, 6.07) is 0.227. The summed E-state index contributed by atoms with van der Waals surface area (Å²) in [6.45, 7) is 5.81. The SMILES string of the molecule is C=C(C)C1CCCCC(=O)N1. The summed E-state index contributed by atoms with van der Waals surface area (Å²) in [5.74, 6) is 0.176. The van der Waals surface area contributed by atoms with Crippen molar-refractivity contribution < 1.29 is 4.79 Å². The normalized spacial score (nSPS) is 25.5. The number of hydrogen-bond acceptors (Lipinski definition) is 1. The van der Waals surface area contributed by atoms with Gasteiger partial charge in [0.05, 0.1) is 0 Å². The third-order valence-electron chi connectivity index (χ3n) is 2.08. The first-order valence-corrected chi connectivity index (χ1v) is 4.15. The van der Waals surface area contributed by atoms with Crippen molar-refractivity contribution in [2.75, 3.05) is 0 Å². The molecule has 0 saturated carbocycles. The molecule has 0 aliphatic carbocycles. The van der Waals surface area contributed by atoms with Gasteiger partial charge in [-0.15, -0.1) is 0 Å². The predicted octanol–water partition coefficient (Wildman–Crippen LogP) is 1.62. The molecule has 1 heterocycles. The minimum Gasteiger partial charge on any atom is -0.350 e. The van der Waals surface area contributed by atoms with Crippen LogP contribution >= 0.6 is 0 Å². The van der Waals surface area contributed by atoms with Crippen molar-refractivity contribution >= 4 is 5.91 Å². The Kier molecular flexibility index (Phi) is 2.69.